The summed E-state index contributed by atoms with van der Waals surface area (Å²) in [6.45, 7) is 3.69. The first-order valence-corrected chi connectivity index (χ1v) is 6.47. The van der Waals surface area contributed by atoms with Crippen LogP contribution < -0.4 is 0 Å². The minimum Gasteiger partial charge on any atom is -0.469 e. The summed E-state index contributed by atoms with van der Waals surface area (Å²) in [4.78, 5) is 11.5. The van der Waals surface area contributed by atoms with Crippen LogP contribution in [0.25, 0.3) is 11.1 Å². The highest BCUT2D eigenvalue weighted by Crippen LogP contribution is 2.27. The molecule has 0 spiro atoms. The molecule has 0 aliphatic rings. The van der Waals surface area contributed by atoms with E-state index in [0.717, 1.165) is 11.1 Å². The molecule has 2 aromatic rings. The van der Waals surface area contributed by atoms with Gasteiger partial charge in [-0.25, -0.2) is 4.39 Å². The second-order valence-electron chi connectivity index (χ2n) is 4.85. The Labute approximate surface area is 118 Å². The highest BCUT2D eigenvalue weighted by Gasteiger charge is 2.17. The summed E-state index contributed by atoms with van der Waals surface area (Å²) < 4.78 is 18.9. The van der Waals surface area contributed by atoms with E-state index >= 15 is 0 Å². The third-order valence-electron chi connectivity index (χ3n) is 3.41. The lowest BCUT2D eigenvalue weighted by Crippen LogP contribution is -2.11. The van der Waals surface area contributed by atoms with Crippen LogP contribution in [0, 0.1) is 12.7 Å². The highest BCUT2D eigenvalue weighted by molar-refractivity contribution is 5.78. The van der Waals surface area contributed by atoms with Gasteiger partial charge in [0.1, 0.15) is 5.82 Å². The average Bonchev–Trinajstić information content (AvgIpc) is 2.46. The van der Waals surface area contributed by atoms with Gasteiger partial charge in [-0.3, -0.25) is 4.79 Å². The maximum Gasteiger partial charge on any atom is 0.312 e. The fraction of sp³-hybridized carbons (Fsp3) is 0.235. The summed E-state index contributed by atoms with van der Waals surface area (Å²) in [7, 11) is 1.33. The molecule has 0 heterocycles. The van der Waals surface area contributed by atoms with Gasteiger partial charge in [0, 0.05) is 5.56 Å². The van der Waals surface area contributed by atoms with Gasteiger partial charge in [0.05, 0.1) is 13.0 Å². The number of carbonyl (C=O) groups is 1. The normalized spacial score (nSPS) is 12.0. The Kier molecular flexibility index (Phi) is 4.18. The Morgan fingerprint density at radius 1 is 1.15 bits per heavy atom. The number of ether oxygens (including phenoxy) is 1. The van der Waals surface area contributed by atoms with E-state index in [1.807, 2.05) is 31.2 Å². The van der Waals surface area contributed by atoms with Crippen LogP contribution >= 0.6 is 0 Å². The Balaban J connectivity index is 2.35. The minimum absolute atomic E-state index is 0.331. The Morgan fingerprint density at radius 3 is 2.35 bits per heavy atom. The van der Waals surface area contributed by atoms with Gasteiger partial charge in [0.15, 0.2) is 0 Å². The molecule has 0 amide bonds. The van der Waals surface area contributed by atoms with Crippen molar-refractivity contribution in [2.75, 3.05) is 7.11 Å². The molecule has 0 saturated heterocycles. The second-order valence-corrected chi connectivity index (χ2v) is 4.85. The van der Waals surface area contributed by atoms with Crippen LogP contribution in [0.2, 0.25) is 0 Å². The molecule has 0 N–H and O–H groups in total. The van der Waals surface area contributed by atoms with E-state index in [-0.39, 0.29) is 11.8 Å². The summed E-state index contributed by atoms with van der Waals surface area (Å²) in [5.41, 5.74) is 3.10. The molecule has 20 heavy (non-hydrogen) atoms. The molecule has 0 saturated carbocycles. The SMILES string of the molecule is COC(=O)C(C)c1ccc(-c2ccc(C)cc2)c(F)c1. The average molecular weight is 272 g/mol. The summed E-state index contributed by atoms with van der Waals surface area (Å²) in [5.74, 6) is -1.17. The van der Waals surface area contributed by atoms with Crippen molar-refractivity contribution in [1.82, 2.24) is 0 Å². The van der Waals surface area contributed by atoms with E-state index in [4.69, 9.17) is 0 Å². The Morgan fingerprint density at radius 2 is 1.80 bits per heavy atom. The van der Waals surface area contributed by atoms with Crippen molar-refractivity contribution in [3.05, 3.63) is 59.4 Å². The first-order valence-electron chi connectivity index (χ1n) is 6.47. The quantitative estimate of drug-likeness (QED) is 0.787. The van der Waals surface area contributed by atoms with Crippen LogP contribution in [0.3, 0.4) is 0 Å². The van der Waals surface area contributed by atoms with Crippen molar-refractivity contribution in [3.63, 3.8) is 0 Å². The molecule has 0 radical (unpaired) electrons. The summed E-state index contributed by atoms with van der Waals surface area (Å²) in [5, 5.41) is 0. The summed E-state index contributed by atoms with van der Waals surface area (Å²) >= 11 is 0. The van der Waals surface area contributed by atoms with Crippen molar-refractivity contribution in [2.24, 2.45) is 0 Å². The lowest BCUT2D eigenvalue weighted by molar-refractivity contribution is -0.141. The van der Waals surface area contributed by atoms with Gasteiger partial charge < -0.3 is 4.74 Å². The lowest BCUT2D eigenvalue weighted by atomic mass is 9.96. The van der Waals surface area contributed by atoms with Crippen LogP contribution in [0.1, 0.15) is 24.0 Å². The zero-order chi connectivity index (χ0) is 14.7. The number of benzene rings is 2. The topological polar surface area (TPSA) is 26.3 Å². The third kappa shape index (κ3) is 2.87. The van der Waals surface area contributed by atoms with Crippen molar-refractivity contribution in [1.29, 1.82) is 0 Å². The lowest BCUT2D eigenvalue weighted by Gasteiger charge is -2.11. The van der Waals surface area contributed by atoms with Crippen LogP contribution in [0.5, 0.6) is 0 Å². The van der Waals surface area contributed by atoms with Crippen LogP contribution in [-0.4, -0.2) is 13.1 Å². The first-order chi connectivity index (χ1) is 9.52. The predicted molar refractivity (Wildman–Crippen MR) is 77.0 cm³/mol. The third-order valence-corrected chi connectivity index (χ3v) is 3.41. The molecule has 1 atom stereocenters. The van der Waals surface area contributed by atoms with Gasteiger partial charge in [-0.2, -0.15) is 0 Å². The van der Waals surface area contributed by atoms with Gasteiger partial charge in [-0.05, 0) is 31.0 Å². The van der Waals surface area contributed by atoms with Crippen LogP contribution in [0.15, 0.2) is 42.5 Å². The summed E-state index contributed by atoms with van der Waals surface area (Å²) in [6.07, 6.45) is 0. The van der Waals surface area contributed by atoms with Gasteiger partial charge in [0.25, 0.3) is 0 Å². The number of carbonyl (C=O) groups excluding carboxylic acids is 1. The molecule has 2 nitrogen and oxygen atoms in total. The molecule has 0 bridgehead atoms. The monoisotopic (exact) mass is 272 g/mol. The molecule has 0 aliphatic carbocycles. The van der Waals surface area contributed by atoms with Crippen molar-refractivity contribution in [3.8, 4) is 11.1 Å². The second kappa shape index (κ2) is 5.87. The van der Waals surface area contributed by atoms with Gasteiger partial charge in [-0.1, -0.05) is 42.0 Å². The maximum atomic E-state index is 14.2. The molecule has 104 valence electrons. The molecular formula is C17H17FO2. The standard InChI is InChI=1S/C17H17FO2/c1-11-4-6-13(7-5-11)15-9-8-14(10-16(15)18)12(2)17(19)20-3/h4-10,12H,1-3H3. The zero-order valence-electron chi connectivity index (χ0n) is 11.8. The predicted octanol–water partition coefficient (Wildman–Crippen LogP) is 4.08. The van der Waals surface area contributed by atoms with E-state index < -0.39 is 5.92 Å². The van der Waals surface area contributed by atoms with Crippen molar-refractivity contribution in [2.45, 2.75) is 19.8 Å². The van der Waals surface area contributed by atoms with Crippen molar-refractivity contribution < 1.29 is 13.9 Å². The van der Waals surface area contributed by atoms with E-state index in [2.05, 4.69) is 4.74 Å². The molecular weight excluding hydrogens is 255 g/mol. The largest absolute Gasteiger partial charge is 0.469 e. The van der Waals surface area contributed by atoms with Crippen LogP contribution in [-0.2, 0) is 9.53 Å². The molecule has 2 aromatic carbocycles. The fourth-order valence-corrected chi connectivity index (χ4v) is 2.08. The van der Waals surface area contributed by atoms with E-state index in [1.54, 1.807) is 19.1 Å². The number of esters is 1. The number of methoxy groups -OCH3 is 1. The number of hydrogen-bond donors (Lipinski definition) is 0. The highest BCUT2D eigenvalue weighted by atomic mass is 19.1. The fourth-order valence-electron chi connectivity index (χ4n) is 2.08. The number of rotatable bonds is 3. The van der Waals surface area contributed by atoms with Gasteiger partial charge >= 0.3 is 5.97 Å². The molecule has 3 heteroatoms. The number of hydrogen-bond acceptors (Lipinski definition) is 2. The van der Waals surface area contributed by atoms with Crippen molar-refractivity contribution >= 4 is 5.97 Å². The van der Waals surface area contributed by atoms with Gasteiger partial charge in [0.2, 0.25) is 0 Å². The van der Waals surface area contributed by atoms with E-state index in [1.165, 1.54) is 13.2 Å². The molecule has 0 aliphatic heterocycles. The van der Waals surface area contributed by atoms with Crippen LogP contribution in [0.4, 0.5) is 4.39 Å². The molecule has 1 unspecified atom stereocenters. The van der Waals surface area contributed by atoms with E-state index in [9.17, 15) is 9.18 Å². The maximum absolute atomic E-state index is 14.2. The Hall–Kier alpha value is -2.16. The molecule has 0 aromatic heterocycles. The van der Waals surface area contributed by atoms with Gasteiger partial charge in [-0.15, -0.1) is 0 Å². The molecule has 0 fully saturated rings. The van der Waals surface area contributed by atoms with E-state index in [0.29, 0.717) is 11.1 Å². The Bertz CT molecular complexity index is 617. The number of aryl methyl sites for hydroxylation is 1. The smallest absolute Gasteiger partial charge is 0.312 e. The number of halogens is 1. The minimum atomic E-state index is -0.471. The summed E-state index contributed by atoms with van der Waals surface area (Å²) in [6, 6.07) is 12.5. The zero-order valence-corrected chi connectivity index (χ0v) is 11.8. The first kappa shape index (κ1) is 14.3. The molecule has 2 rings (SSSR count).